The molecule has 6 heteroatoms. The van der Waals surface area contributed by atoms with Crippen molar-refractivity contribution < 1.29 is 14.6 Å². The number of esters is 1. The molecule has 0 spiro atoms. The number of nitrogens with zero attached hydrogens (tertiary/aromatic N) is 1. The van der Waals surface area contributed by atoms with E-state index in [1.165, 1.54) is 0 Å². The summed E-state index contributed by atoms with van der Waals surface area (Å²) in [5, 5.41) is 10.4. The molecule has 1 aromatic rings. The molecule has 1 aromatic carbocycles. The number of aliphatic hydroxyl groups is 1. The number of ether oxygens (including phenoxy) is 1. The van der Waals surface area contributed by atoms with Gasteiger partial charge in [0.25, 0.3) is 0 Å². The number of carbonyl (C=O) groups excluding carboxylic acids is 1. The minimum absolute atomic E-state index is 0. The van der Waals surface area contributed by atoms with E-state index < -0.39 is 6.10 Å². The number of β-amino-alcohol motifs (C(OH)–C–C–N with tert-alkyl or cyclic N) is 1. The minimum atomic E-state index is -0.535. The predicted molar refractivity (Wildman–Crippen MR) is 80.9 cm³/mol. The summed E-state index contributed by atoms with van der Waals surface area (Å²) in [5.41, 5.74) is 3.39. The second kappa shape index (κ2) is 6.32. The standard InChI is InChI=1S/C15H18ClNO3.H3N/c1-9-11(2-3-12-13(9)8-20-15(12)19)14(18)7-17-5-10(4-16)6-17;/h2-3,10,14,18H,4-8H2,1H3;1H3/t14-;/m0./s1. The van der Waals surface area contributed by atoms with Crippen molar-refractivity contribution in [1.82, 2.24) is 11.1 Å². The molecule has 2 aliphatic rings. The van der Waals surface area contributed by atoms with Crippen molar-refractivity contribution in [1.29, 1.82) is 0 Å². The van der Waals surface area contributed by atoms with Crippen molar-refractivity contribution in [3.8, 4) is 0 Å². The van der Waals surface area contributed by atoms with Crippen molar-refractivity contribution in [2.24, 2.45) is 5.92 Å². The molecule has 5 nitrogen and oxygen atoms in total. The number of hydrogen-bond donors (Lipinski definition) is 2. The molecule has 0 aromatic heterocycles. The fourth-order valence-electron chi connectivity index (χ4n) is 3.00. The Kier molecular flexibility index (Phi) is 4.88. The van der Waals surface area contributed by atoms with Crippen molar-refractivity contribution in [2.75, 3.05) is 25.5 Å². The number of likely N-dealkylation sites (tertiary alicyclic amines) is 1. The first-order chi connectivity index (χ1) is 9.60. The number of aliphatic hydroxyl groups excluding tert-OH is 1. The van der Waals surface area contributed by atoms with Crippen LogP contribution in [0.5, 0.6) is 0 Å². The molecule has 4 N–H and O–H groups in total. The first-order valence-electron chi connectivity index (χ1n) is 6.86. The Hall–Kier alpha value is -1.14. The van der Waals surface area contributed by atoms with Gasteiger partial charge in [-0.3, -0.25) is 4.90 Å². The lowest BCUT2D eigenvalue weighted by Gasteiger charge is -2.39. The Balaban J connectivity index is 0.00000161. The van der Waals surface area contributed by atoms with Gasteiger partial charge in [-0.05, 0) is 30.0 Å². The summed E-state index contributed by atoms with van der Waals surface area (Å²) < 4.78 is 5.04. The first-order valence-corrected chi connectivity index (χ1v) is 7.39. The van der Waals surface area contributed by atoms with E-state index in [1.54, 1.807) is 6.07 Å². The summed E-state index contributed by atoms with van der Waals surface area (Å²) in [6.07, 6.45) is -0.535. The number of hydrogen-bond acceptors (Lipinski definition) is 5. The van der Waals surface area contributed by atoms with E-state index >= 15 is 0 Å². The van der Waals surface area contributed by atoms with Gasteiger partial charge in [-0.2, -0.15) is 0 Å². The van der Waals surface area contributed by atoms with Crippen LogP contribution in [0.1, 0.15) is 33.2 Å². The Morgan fingerprint density at radius 2 is 2.19 bits per heavy atom. The molecule has 116 valence electrons. The fraction of sp³-hybridized carbons (Fsp3) is 0.533. The molecule has 1 atom stereocenters. The van der Waals surface area contributed by atoms with E-state index in [2.05, 4.69) is 4.90 Å². The highest BCUT2D eigenvalue weighted by Gasteiger charge is 2.30. The van der Waals surface area contributed by atoms with Gasteiger partial charge in [-0.1, -0.05) is 6.07 Å². The third-order valence-electron chi connectivity index (χ3n) is 4.25. The number of carbonyl (C=O) groups is 1. The van der Waals surface area contributed by atoms with E-state index in [-0.39, 0.29) is 12.1 Å². The number of fused-ring (bicyclic) bond motifs is 1. The van der Waals surface area contributed by atoms with Crippen LogP contribution in [-0.2, 0) is 11.3 Å². The van der Waals surface area contributed by atoms with E-state index in [0.29, 0.717) is 30.5 Å². The molecule has 0 bridgehead atoms. The lowest BCUT2D eigenvalue weighted by Crippen LogP contribution is -2.49. The molecule has 0 amide bonds. The zero-order valence-corrected chi connectivity index (χ0v) is 12.9. The SMILES string of the molecule is Cc1c([C@@H](O)CN2CC(CCl)C2)ccc2c1COC2=O.N. The van der Waals surface area contributed by atoms with Crippen molar-refractivity contribution in [3.05, 3.63) is 34.4 Å². The second-order valence-electron chi connectivity index (χ2n) is 5.64. The molecular formula is C15H21ClN2O3. The average Bonchev–Trinajstić information content (AvgIpc) is 2.76. The average molecular weight is 313 g/mol. The lowest BCUT2D eigenvalue weighted by molar-refractivity contribution is 0.0473. The molecule has 21 heavy (non-hydrogen) atoms. The van der Waals surface area contributed by atoms with E-state index in [9.17, 15) is 9.90 Å². The summed E-state index contributed by atoms with van der Waals surface area (Å²) in [5.74, 6) is 0.969. The van der Waals surface area contributed by atoms with Crippen LogP contribution in [0.4, 0.5) is 0 Å². The van der Waals surface area contributed by atoms with Gasteiger partial charge in [0.15, 0.2) is 0 Å². The molecule has 0 aliphatic carbocycles. The van der Waals surface area contributed by atoms with Crippen molar-refractivity contribution >= 4 is 17.6 Å². The van der Waals surface area contributed by atoms with Gasteiger partial charge in [0, 0.05) is 31.1 Å². The topological polar surface area (TPSA) is 84.8 Å². The Morgan fingerprint density at radius 1 is 1.48 bits per heavy atom. The summed E-state index contributed by atoms with van der Waals surface area (Å²) in [4.78, 5) is 13.7. The van der Waals surface area contributed by atoms with E-state index in [4.69, 9.17) is 16.3 Å². The highest BCUT2D eigenvalue weighted by molar-refractivity contribution is 6.18. The predicted octanol–water partition coefficient (Wildman–Crippen LogP) is 2.03. The van der Waals surface area contributed by atoms with Gasteiger partial charge in [0.2, 0.25) is 0 Å². The van der Waals surface area contributed by atoms with Crippen LogP contribution >= 0.6 is 11.6 Å². The third kappa shape index (κ3) is 2.92. The number of rotatable bonds is 4. The molecule has 1 saturated heterocycles. The zero-order chi connectivity index (χ0) is 14.3. The minimum Gasteiger partial charge on any atom is -0.457 e. The summed E-state index contributed by atoms with van der Waals surface area (Å²) >= 11 is 5.79. The smallest absolute Gasteiger partial charge is 0.338 e. The highest BCUT2D eigenvalue weighted by Crippen LogP contribution is 2.30. The maximum atomic E-state index is 11.5. The van der Waals surface area contributed by atoms with E-state index in [0.717, 1.165) is 29.8 Å². The highest BCUT2D eigenvalue weighted by atomic mass is 35.5. The van der Waals surface area contributed by atoms with E-state index in [1.807, 2.05) is 13.0 Å². The summed E-state index contributed by atoms with van der Waals surface area (Å²) in [6.45, 7) is 4.77. The van der Waals surface area contributed by atoms with Crippen LogP contribution in [0, 0.1) is 12.8 Å². The number of benzene rings is 1. The van der Waals surface area contributed by atoms with Gasteiger partial charge < -0.3 is 16.0 Å². The van der Waals surface area contributed by atoms with Crippen molar-refractivity contribution in [3.63, 3.8) is 0 Å². The molecule has 0 radical (unpaired) electrons. The fourth-order valence-corrected chi connectivity index (χ4v) is 3.19. The first kappa shape index (κ1) is 16.2. The zero-order valence-electron chi connectivity index (χ0n) is 12.1. The molecule has 1 fully saturated rings. The Labute approximate surface area is 129 Å². The molecule has 3 rings (SSSR count). The van der Waals surface area contributed by atoms with Gasteiger partial charge in [0.05, 0.1) is 11.7 Å². The number of halogens is 1. The Morgan fingerprint density at radius 3 is 2.86 bits per heavy atom. The van der Waals surface area contributed by atoms with Crippen LogP contribution in [0.2, 0.25) is 0 Å². The quantitative estimate of drug-likeness (QED) is 0.656. The van der Waals surface area contributed by atoms with Crippen molar-refractivity contribution in [2.45, 2.75) is 19.6 Å². The maximum Gasteiger partial charge on any atom is 0.338 e. The van der Waals surface area contributed by atoms with Crippen LogP contribution < -0.4 is 6.15 Å². The lowest BCUT2D eigenvalue weighted by atomic mass is 9.94. The second-order valence-corrected chi connectivity index (χ2v) is 5.95. The third-order valence-corrected chi connectivity index (χ3v) is 4.69. The molecule has 0 saturated carbocycles. The van der Waals surface area contributed by atoms with Crippen LogP contribution in [0.3, 0.4) is 0 Å². The maximum absolute atomic E-state index is 11.5. The largest absolute Gasteiger partial charge is 0.457 e. The number of alkyl halides is 1. The van der Waals surface area contributed by atoms with Crippen LogP contribution in [-0.4, -0.2) is 41.5 Å². The molecule has 2 heterocycles. The Bertz CT molecular complexity index is 544. The molecule has 0 unspecified atom stereocenters. The van der Waals surface area contributed by atoms with Gasteiger partial charge >= 0.3 is 5.97 Å². The summed E-state index contributed by atoms with van der Waals surface area (Å²) in [7, 11) is 0. The number of cyclic esters (lactones) is 1. The monoisotopic (exact) mass is 312 g/mol. The normalized spacial score (nSPS) is 19.5. The summed E-state index contributed by atoms with van der Waals surface area (Å²) in [6, 6.07) is 3.60. The van der Waals surface area contributed by atoms with Gasteiger partial charge in [-0.15, -0.1) is 11.6 Å². The van der Waals surface area contributed by atoms with Crippen LogP contribution in [0.15, 0.2) is 12.1 Å². The van der Waals surface area contributed by atoms with Crippen LogP contribution in [0.25, 0.3) is 0 Å². The molecule has 2 aliphatic heterocycles. The van der Waals surface area contributed by atoms with Gasteiger partial charge in [-0.25, -0.2) is 4.79 Å². The molecular weight excluding hydrogens is 292 g/mol. The van der Waals surface area contributed by atoms with Gasteiger partial charge in [0.1, 0.15) is 6.61 Å².